The molecule has 0 aliphatic rings. The molecule has 1 heterocycles. The minimum Gasteiger partial charge on any atom is -0.278 e. The molecule has 102 valence electrons. The van der Waals surface area contributed by atoms with Crippen LogP contribution in [0.2, 0.25) is 0 Å². The molecule has 0 unspecified atom stereocenters. The van der Waals surface area contributed by atoms with Crippen molar-refractivity contribution in [3.8, 4) is 0 Å². The van der Waals surface area contributed by atoms with Gasteiger partial charge in [-0.15, -0.1) is 0 Å². The number of aromatic nitrogens is 2. The Morgan fingerprint density at radius 3 is 2.70 bits per heavy atom. The maximum atomic E-state index is 4.19. The number of nitrogens with zero attached hydrogens (tertiary/aromatic N) is 1. The average Bonchev–Trinajstić information content (AvgIpc) is 2.98. The van der Waals surface area contributed by atoms with Crippen molar-refractivity contribution >= 4 is 10.9 Å². The Balaban J connectivity index is 2.07. The van der Waals surface area contributed by atoms with Crippen LogP contribution in [0.3, 0.4) is 0 Å². The third-order valence-electron chi connectivity index (χ3n) is 3.93. The second-order valence-corrected chi connectivity index (χ2v) is 5.29. The third kappa shape index (κ3) is 2.46. The van der Waals surface area contributed by atoms with Crippen molar-refractivity contribution < 1.29 is 0 Å². The smallest absolute Gasteiger partial charge is 0.0688 e. The van der Waals surface area contributed by atoms with Gasteiger partial charge in [-0.2, -0.15) is 5.10 Å². The number of benzene rings is 2. The van der Waals surface area contributed by atoms with Gasteiger partial charge < -0.3 is 0 Å². The first-order chi connectivity index (χ1) is 9.90. The van der Waals surface area contributed by atoms with E-state index in [2.05, 4.69) is 65.7 Å². The van der Waals surface area contributed by atoms with Gasteiger partial charge in [-0.05, 0) is 17.5 Å². The predicted molar refractivity (Wildman–Crippen MR) is 83.9 cm³/mol. The van der Waals surface area contributed by atoms with Gasteiger partial charge in [0.1, 0.15) is 0 Å². The van der Waals surface area contributed by atoms with Crippen LogP contribution in [0.4, 0.5) is 0 Å². The van der Waals surface area contributed by atoms with Crippen molar-refractivity contribution in [2.24, 2.45) is 0 Å². The number of H-pyrrole nitrogens is 1. The zero-order valence-corrected chi connectivity index (χ0v) is 11.8. The molecular formula is C18H20N2. The molecule has 2 heteroatoms. The summed E-state index contributed by atoms with van der Waals surface area (Å²) in [6, 6.07) is 17.3. The van der Waals surface area contributed by atoms with Gasteiger partial charge in [0.05, 0.1) is 11.7 Å². The summed E-state index contributed by atoms with van der Waals surface area (Å²) in [4.78, 5) is 0. The Hall–Kier alpha value is -2.09. The van der Waals surface area contributed by atoms with Crippen molar-refractivity contribution in [2.45, 2.75) is 32.1 Å². The Morgan fingerprint density at radius 2 is 1.90 bits per heavy atom. The average molecular weight is 264 g/mol. The van der Waals surface area contributed by atoms with E-state index in [9.17, 15) is 0 Å². The standard InChI is InChI=1S/C18H20N2/c1-2-3-11-16(14-8-5-4-6-9-14)17-12-7-10-15-13-19-20-18(15)17/h4-10,12-13,16H,2-3,11H2,1H3,(H,19,20)/t16-/m0/s1. The number of hydrogen-bond donors (Lipinski definition) is 1. The largest absolute Gasteiger partial charge is 0.278 e. The summed E-state index contributed by atoms with van der Waals surface area (Å²) in [5, 5.41) is 8.55. The van der Waals surface area contributed by atoms with Gasteiger partial charge in [0, 0.05) is 11.3 Å². The molecule has 1 aromatic heterocycles. The highest BCUT2D eigenvalue weighted by molar-refractivity contribution is 5.82. The van der Waals surface area contributed by atoms with Crippen LogP contribution in [-0.4, -0.2) is 10.2 Å². The van der Waals surface area contributed by atoms with Crippen molar-refractivity contribution in [1.29, 1.82) is 0 Å². The summed E-state index contributed by atoms with van der Waals surface area (Å²) in [5.74, 6) is 0.445. The zero-order valence-electron chi connectivity index (χ0n) is 11.8. The van der Waals surface area contributed by atoms with Gasteiger partial charge in [-0.1, -0.05) is 68.3 Å². The molecule has 1 N–H and O–H groups in total. The van der Waals surface area contributed by atoms with E-state index in [-0.39, 0.29) is 0 Å². The Bertz CT molecular complexity index is 670. The van der Waals surface area contributed by atoms with Gasteiger partial charge >= 0.3 is 0 Å². The number of hydrogen-bond acceptors (Lipinski definition) is 1. The quantitative estimate of drug-likeness (QED) is 0.698. The first-order valence-corrected chi connectivity index (χ1v) is 7.37. The highest BCUT2D eigenvalue weighted by Crippen LogP contribution is 2.33. The minimum atomic E-state index is 0.445. The Morgan fingerprint density at radius 1 is 1.05 bits per heavy atom. The molecule has 0 saturated heterocycles. The molecule has 3 aromatic rings. The molecule has 2 nitrogen and oxygen atoms in total. The number of aromatic amines is 1. The highest BCUT2D eigenvalue weighted by atomic mass is 15.1. The molecule has 2 aromatic carbocycles. The first kappa shape index (κ1) is 12.9. The van der Waals surface area contributed by atoms with Crippen LogP contribution in [0.25, 0.3) is 10.9 Å². The maximum Gasteiger partial charge on any atom is 0.0688 e. The van der Waals surface area contributed by atoms with Crippen LogP contribution in [0.5, 0.6) is 0 Å². The summed E-state index contributed by atoms with van der Waals surface area (Å²) in [7, 11) is 0. The fourth-order valence-electron chi connectivity index (χ4n) is 2.88. The highest BCUT2D eigenvalue weighted by Gasteiger charge is 2.16. The lowest BCUT2D eigenvalue weighted by Gasteiger charge is -2.18. The first-order valence-electron chi connectivity index (χ1n) is 7.37. The lowest BCUT2D eigenvalue weighted by atomic mass is 9.86. The van der Waals surface area contributed by atoms with E-state index in [0.717, 1.165) is 0 Å². The summed E-state index contributed by atoms with van der Waals surface area (Å²) in [5.41, 5.74) is 3.93. The third-order valence-corrected chi connectivity index (χ3v) is 3.93. The summed E-state index contributed by atoms with van der Waals surface area (Å²) in [6.45, 7) is 2.25. The molecular weight excluding hydrogens is 244 g/mol. The van der Waals surface area contributed by atoms with Gasteiger partial charge in [0.25, 0.3) is 0 Å². The Labute approximate surface area is 119 Å². The van der Waals surface area contributed by atoms with E-state index in [4.69, 9.17) is 0 Å². The normalized spacial score (nSPS) is 12.7. The lowest BCUT2D eigenvalue weighted by Crippen LogP contribution is -2.02. The van der Waals surface area contributed by atoms with Gasteiger partial charge in [-0.25, -0.2) is 0 Å². The van der Waals surface area contributed by atoms with Gasteiger partial charge in [0.2, 0.25) is 0 Å². The molecule has 0 spiro atoms. The topological polar surface area (TPSA) is 28.7 Å². The number of nitrogens with one attached hydrogen (secondary N) is 1. The molecule has 3 rings (SSSR count). The van der Waals surface area contributed by atoms with Crippen LogP contribution in [-0.2, 0) is 0 Å². The van der Waals surface area contributed by atoms with E-state index in [1.807, 2.05) is 6.20 Å². The molecule has 0 amide bonds. The molecule has 0 bridgehead atoms. The number of fused-ring (bicyclic) bond motifs is 1. The summed E-state index contributed by atoms with van der Waals surface area (Å²) >= 11 is 0. The van der Waals surface area contributed by atoms with E-state index in [1.54, 1.807) is 0 Å². The van der Waals surface area contributed by atoms with Crippen LogP contribution < -0.4 is 0 Å². The minimum absolute atomic E-state index is 0.445. The molecule has 0 radical (unpaired) electrons. The van der Waals surface area contributed by atoms with E-state index < -0.39 is 0 Å². The van der Waals surface area contributed by atoms with Crippen molar-refractivity contribution in [2.75, 3.05) is 0 Å². The fourth-order valence-corrected chi connectivity index (χ4v) is 2.88. The monoisotopic (exact) mass is 264 g/mol. The second-order valence-electron chi connectivity index (χ2n) is 5.29. The summed E-state index contributed by atoms with van der Waals surface area (Å²) < 4.78 is 0. The van der Waals surface area contributed by atoms with Crippen molar-refractivity contribution in [1.82, 2.24) is 10.2 Å². The lowest BCUT2D eigenvalue weighted by molar-refractivity contribution is 0.652. The van der Waals surface area contributed by atoms with Crippen LogP contribution in [0.15, 0.2) is 54.7 Å². The van der Waals surface area contributed by atoms with Crippen molar-refractivity contribution in [3.63, 3.8) is 0 Å². The zero-order chi connectivity index (χ0) is 13.8. The van der Waals surface area contributed by atoms with Gasteiger partial charge in [0.15, 0.2) is 0 Å². The van der Waals surface area contributed by atoms with E-state index in [0.29, 0.717) is 5.92 Å². The number of unbranched alkanes of at least 4 members (excludes halogenated alkanes) is 1. The van der Waals surface area contributed by atoms with E-state index in [1.165, 1.54) is 41.3 Å². The molecule has 1 atom stereocenters. The fraction of sp³-hybridized carbons (Fsp3) is 0.278. The predicted octanol–water partition coefficient (Wildman–Crippen LogP) is 4.89. The van der Waals surface area contributed by atoms with Crippen LogP contribution >= 0.6 is 0 Å². The molecule has 0 fully saturated rings. The summed E-state index contributed by atoms with van der Waals surface area (Å²) in [6.07, 6.45) is 5.55. The molecule has 0 saturated carbocycles. The molecule has 0 aliphatic heterocycles. The Kier molecular flexibility index (Phi) is 3.82. The van der Waals surface area contributed by atoms with Crippen molar-refractivity contribution in [3.05, 3.63) is 65.9 Å². The van der Waals surface area contributed by atoms with Gasteiger partial charge in [-0.3, -0.25) is 5.10 Å². The maximum absolute atomic E-state index is 4.19. The molecule has 0 aliphatic carbocycles. The van der Waals surface area contributed by atoms with E-state index >= 15 is 0 Å². The van der Waals surface area contributed by atoms with Crippen LogP contribution in [0, 0.1) is 0 Å². The number of rotatable bonds is 5. The SMILES string of the molecule is CCCC[C@@H](c1ccccc1)c1cccc2cn[nH]c12. The number of para-hydroxylation sites is 1. The second kappa shape index (κ2) is 5.91. The molecule has 20 heavy (non-hydrogen) atoms. The van der Waals surface area contributed by atoms with Crippen LogP contribution in [0.1, 0.15) is 43.2 Å².